The smallest absolute Gasteiger partial charge is 0.412 e. The molecule has 2 fully saturated rings. The SMILES string of the molecule is C[C@H](CO[Si](C)(C)C(C)(C)C)[C@@H]1O[C@H]1[C@H]1OC[C@@H](c2ccccc2)N1C(=O)OCc1ccccc1. The van der Waals surface area contributed by atoms with Gasteiger partial charge in [-0.15, -0.1) is 0 Å². The van der Waals surface area contributed by atoms with Gasteiger partial charge in [0.15, 0.2) is 14.5 Å². The molecule has 0 N–H and O–H groups in total. The van der Waals surface area contributed by atoms with Gasteiger partial charge in [-0.25, -0.2) is 4.79 Å². The highest BCUT2D eigenvalue weighted by molar-refractivity contribution is 6.74. The van der Waals surface area contributed by atoms with E-state index in [2.05, 4.69) is 40.8 Å². The molecule has 0 bridgehead atoms. The van der Waals surface area contributed by atoms with Crippen molar-refractivity contribution < 1.29 is 23.4 Å². The van der Waals surface area contributed by atoms with E-state index < -0.39 is 14.5 Å². The van der Waals surface area contributed by atoms with Crippen molar-refractivity contribution in [2.24, 2.45) is 5.92 Å². The zero-order valence-electron chi connectivity index (χ0n) is 21.8. The Hall–Kier alpha value is -2.19. The molecule has 2 aromatic carbocycles. The molecule has 2 saturated heterocycles. The highest BCUT2D eigenvalue weighted by Crippen LogP contribution is 2.43. The van der Waals surface area contributed by atoms with Gasteiger partial charge in [-0.2, -0.15) is 0 Å². The lowest BCUT2D eigenvalue weighted by molar-refractivity contribution is 0.00221. The Labute approximate surface area is 210 Å². The standard InChI is InChI=1S/C28H39NO5Si/c1-20(17-33-35(5,6)28(2,3)4)24-25(34-24)26-29(23(19-31-26)22-15-11-8-12-16-22)27(30)32-18-21-13-9-7-10-14-21/h7-16,20,23-26H,17-19H2,1-6H3/t20-,23+,24+,25-,26-/m1/s1. The molecule has 2 aromatic rings. The lowest BCUT2D eigenvalue weighted by Gasteiger charge is -2.37. The Bertz CT molecular complexity index is 978. The van der Waals surface area contributed by atoms with Crippen LogP contribution < -0.4 is 0 Å². The van der Waals surface area contributed by atoms with E-state index in [9.17, 15) is 4.79 Å². The molecule has 4 rings (SSSR count). The third-order valence-corrected chi connectivity index (χ3v) is 12.1. The van der Waals surface area contributed by atoms with Gasteiger partial charge in [-0.1, -0.05) is 88.4 Å². The van der Waals surface area contributed by atoms with Gasteiger partial charge in [0.2, 0.25) is 0 Å². The first-order valence-electron chi connectivity index (χ1n) is 12.5. The summed E-state index contributed by atoms with van der Waals surface area (Å²) in [6, 6.07) is 19.5. The summed E-state index contributed by atoms with van der Waals surface area (Å²) in [5.41, 5.74) is 1.98. The second-order valence-electron chi connectivity index (χ2n) is 11.2. The van der Waals surface area contributed by atoms with E-state index >= 15 is 0 Å². The maximum Gasteiger partial charge on any atom is 0.412 e. The highest BCUT2D eigenvalue weighted by atomic mass is 28.4. The van der Waals surface area contributed by atoms with Gasteiger partial charge in [0.05, 0.1) is 18.8 Å². The molecule has 0 spiro atoms. The summed E-state index contributed by atoms with van der Waals surface area (Å²) in [4.78, 5) is 15.1. The van der Waals surface area contributed by atoms with Gasteiger partial charge in [-0.05, 0) is 29.3 Å². The van der Waals surface area contributed by atoms with Crippen LogP contribution in [0.25, 0.3) is 0 Å². The number of epoxide rings is 1. The summed E-state index contributed by atoms with van der Waals surface area (Å²) >= 11 is 0. The minimum atomic E-state index is -1.84. The van der Waals surface area contributed by atoms with Crippen molar-refractivity contribution in [1.29, 1.82) is 0 Å². The molecular formula is C28H39NO5Si. The minimum Gasteiger partial charge on any atom is -0.444 e. The average molecular weight is 498 g/mol. The molecule has 1 amide bonds. The maximum absolute atomic E-state index is 13.3. The number of hydrogen-bond acceptors (Lipinski definition) is 5. The second kappa shape index (κ2) is 10.4. The van der Waals surface area contributed by atoms with Crippen LogP contribution in [-0.4, -0.2) is 51.0 Å². The van der Waals surface area contributed by atoms with Gasteiger partial charge >= 0.3 is 6.09 Å². The number of rotatable bonds is 8. The zero-order chi connectivity index (χ0) is 25.2. The van der Waals surface area contributed by atoms with Crippen LogP contribution >= 0.6 is 0 Å². The van der Waals surface area contributed by atoms with Crippen LogP contribution in [0.2, 0.25) is 18.1 Å². The van der Waals surface area contributed by atoms with E-state index in [1.807, 2.05) is 60.7 Å². The molecule has 35 heavy (non-hydrogen) atoms. The first kappa shape index (κ1) is 25.9. The van der Waals surface area contributed by atoms with Crippen molar-refractivity contribution in [2.45, 2.75) is 76.9 Å². The van der Waals surface area contributed by atoms with E-state index in [1.54, 1.807) is 4.90 Å². The molecule has 0 aromatic heterocycles. The number of benzene rings is 2. The molecular weight excluding hydrogens is 458 g/mol. The Balaban J connectivity index is 1.43. The van der Waals surface area contributed by atoms with Crippen molar-refractivity contribution >= 4 is 14.4 Å². The molecule has 0 radical (unpaired) electrons. The van der Waals surface area contributed by atoms with Crippen molar-refractivity contribution in [3.05, 3.63) is 71.8 Å². The molecule has 5 atom stereocenters. The number of ether oxygens (including phenoxy) is 3. The fraction of sp³-hybridized carbons (Fsp3) is 0.536. The van der Waals surface area contributed by atoms with Gasteiger partial charge in [0.25, 0.3) is 0 Å². The number of hydrogen-bond donors (Lipinski definition) is 0. The molecule has 2 aliphatic heterocycles. The van der Waals surface area contributed by atoms with Gasteiger partial charge < -0.3 is 18.6 Å². The summed E-state index contributed by atoms with van der Waals surface area (Å²) in [6.07, 6.45) is -1.07. The van der Waals surface area contributed by atoms with E-state index in [0.29, 0.717) is 13.2 Å². The summed E-state index contributed by atoms with van der Waals surface area (Å²) in [6.45, 7) is 14.7. The third-order valence-electron chi connectivity index (χ3n) is 7.55. The highest BCUT2D eigenvalue weighted by Gasteiger charge is 2.56. The van der Waals surface area contributed by atoms with E-state index in [4.69, 9.17) is 18.6 Å². The Morgan fingerprint density at radius 1 is 1.09 bits per heavy atom. The maximum atomic E-state index is 13.3. The fourth-order valence-electron chi connectivity index (χ4n) is 4.21. The first-order valence-corrected chi connectivity index (χ1v) is 15.4. The normalized spacial score (nSPS) is 25.4. The van der Waals surface area contributed by atoms with E-state index in [0.717, 1.165) is 11.1 Å². The fourth-order valence-corrected chi connectivity index (χ4v) is 5.32. The lowest BCUT2D eigenvalue weighted by atomic mass is 10.0. The number of carbonyl (C=O) groups excluding carboxylic acids is 1. The number of amides is 1. The van der Waals surface area contributed by atoms with Crippen LogP contribution in [0.3, 0.4) is 0 Å². The molecule has 2 heterocycles. The van der Waals surface area contributed by atoms with Crippen molar-refractivity contribution in [1.82, 2.24) is 4.90 Å². The topological polar surface area (TPSA) is 60.5 Å². The molecule has 190 valence electrons. The van der Waals surface area contributed by atoms with Gasteiger partial charge in [-0.3, -0.25) is 4.90 Å². The third kappa shape index (κ3) is 5.97. The van der Waals surface area contributed by atoms with Crippen LogP contribution in [0.4, 0.5) is 4.79 Å². The lowest BCUT2D eigenvalue weighted by Crippen LogP contribution is -2.43. The molecule has 6 nitrogen and oxygen atoms in total. The van der Waals surface area contributed by atoms with Crippen molar-refractivity contribution in [3.8, 4) is 0 Å². The predicted molar refractivity (Wildman–Crippen MR) is 138 cm³/mol. The molecule has 0 saturated carbocycles. The van der Waals surface area contributed by atoms with Crippen molar-refractivity contribution in [3.63, 3.8) is 0 Å². The van der Waals surface area contributed by atoms with Crippen LogP contribution in [-0.2, 0) is 25.2 Å². The molecule has 0 unspecified atom stereocenters. The average Bonchev–Trinajstić information content (AvgIpc) is 3.51. The second-order valence-corrected chi connectivity index (χ2v) is 16.0. The molecule has 2 aliphatic rings. The zero-order valence-corrected chi connectivity index (χ0v) is 22.8. The largest absolute Gasteiger partial charge is 0.444 e. The number of carbonyl (C=O) groups is 1. The van der Waals surface area contributed by atoms with Crippen LogP contribution in [0, 0.1) is 5.92 Å². The first-order chi connectivity index (χ1) is 16.6. The quantitative estimate of drug-likeness (QED) is 0.323. The Morgan fingerprint density at radius 2 is 1.71 bits per heavy atom. The summed E-state index contributed by atoms with van der Waals surface area (Å²) in [7, 11) is -1.84. The Kier molecular flexibility index (Phi) is 7.71. The molecule has 0 aliphatic carbocycles. The summed E-state index contributed by atoms with van der Waals surface area (Å²) in [5.74, 6) is 0.204. The number of nitrogens with zero attached hydrogens (tertiary/aromatic N) is 1. The summed E-state index contributed by atoms with van der Waals surface area (Å²) in [5, 5.41) is 0.160. The van der Waals surface area contributed by atoms with Crippen LogP contribution in [0.1, 0.15) is 44.9 Å². The van der Waals surface area contributed by atoms with Crippen LogP contribution in [0.5, 0.6) is 0 Å². The Morgan fingerprint density at radius 3 is 2.34 bits per heavy atom. The monoisotopic (exact) mass is 497 g/mol. The van der Waals surface area contributed by atoms with E-state index in [-0.39, 0.29) is 41.9 Å². The summed E-state index contributed by atoms with van der Waals surface area (Å²) < 4.78 is 24.4. The minimum absolute atomic E-state index is 0.0104. The predicted octanol–water partition coefficient (Wildman–Crippen LogP) is 6.15. The van der Waals surface area contributed by atoms with Gasteiger partial charge in [0, 0.05) is 12.5 Å². The van der Waals surface area contributed by atoms with E-state index in [1.165, 1.54) is 0 Å². The van der Waals surface area contributed by atoms with Crippen LogP contribution in [0.15, 0.2) is 60.7 Å². The molecule has 7 heteroatoms. The van der Waals surface area contributed by atoms with Gasteiger partial charge in [0.1, 0.15) is 12.7 Å². The van der Waals surface area contributed by atoms with Crippen molar-refractivity contribution in [2.75, 3.05) is 13.2 Å².